The maximum absolute atomic E-state index is 12.0. The molecule has 1 aliphatic rings. The molecule has 1 aromatic carbocycles. The van der Waals surface area contributed by atoms with Gasteiger partial charge in [-0.25, -0.2) is 4.79 Å². The standard InChI is InChI=1S/C13H14N2O4/c14-12(18)15-10(16)8-19-11(17)13(6-7-13)9-4-2-1-3-5-9/h1-5H,6-8H2,(H3,14,15,16,18). The van der Waals surface area contributed by atoms with Crippen LogP contribution in [0.3, 0.4) is 0 Å². The third-order valence-electron chi connectivity index (χ3n) is 3.06. The lowest BCUT2D eigenvalue weighted by Gasteiger charge is -2.14. The van der Waals surface area contributed by atoms with Crippen LogP contribution >= 0.6 is 0 Å². The molecule has 1 aromatic rings. The van der Waals surface area contributed by atoms with Crippen LogP contribution in [-0.4, -0.2) is 24.5 Å². The van der Waals surface area contributed by atoms with E-state index >= 15 is 0 Å². The average molecular weight is 262 g/mol. The Morgan fingerprint density at radius 2 is 1.84 bits per heavy atom. The molecule has 6 heteroatoms. The van der Waals surface area contributed by atoms with Gasteiger partial charge in [-0.2, -0.15) is 0 Å². The van der Waals surface area contributed by atoms with Gasteiger partial charge >= 0.3 is 12.0 Å². The van der Waals surface area contributed by atoms with Gasteiger partial charge in [0.2, 0.25) is 0 Å². The number of ether oxygens (including phenoxy) is 1. The lowest BCUT2D eigenvalue weighted by Crippen LogP contribution is -2.38. The van der Waals surface area contributed by atoms with Crippen LogP contribution in [0.2, 0.25) is 0 Å². The zero-order valence-electron chi connectivity index (χ0n) is 10.2. The van der Waals surface area contributed by atoms with Gasteiger partial charge < -0.3 is 10.5 Å². The highest BCUT2D eigenvalue weighted by atomic mass is 16.5. The van der Waals surface area contributed by atoms with Gasteiger partial charge in [0.15, 0.2) is 6.61 Å². The van der Waals surface area contributed by atoms with E-state index < -0.39 is 29.9 Å². The Bertz CT molecular complexity index is 509. The fourth-order valence-electron chi connectivity index (χ4n) is 1.94. The molecule has 0 unspecified atom stereocenters. The van der Waals surface area contributed by atoms with Gasteiger partial charge in [-0.05, 0) is 18.4 Å². The molecule has 2 rings (SSSR count). The van der Waals surface area contributed by atoms with Crippen LogP contribution in [0.25, 0.3) is 0 Å². The van der Waals surface area contributed by atoms with Gasteiger partial charge in [0.25, 0.3) is 5.91 Å². The van der Waals surface area contributed by atoms with Crippen LogP contribution in [-0.2, 0) is 19.7 Å². The number of nitrogens with one attached hydrogen (secondary N) is 1. The molecule has 0 spiro atoms. The molecule has 0 aliphatic heterocycles. The largest absolute Gasteiger partial charge is 0.455 e. The smallest absolute Gasteiger partial charge is 0.318 e. The Hall–Kier alpha value is -2.37. The van der Waals surface area contributed by atoms with Crippen molar-refractivity contribution >= 4 is 17.9 Å². The third kappa shape index (κ3) is 2.90. The number of nitrogens with two attached hydrogens (primary N) is 1. The van der Waals surface area contributed by atoms with Crippen LogP contribution in [0.5, 0.6) is 0 Å². The number of hydrogen-bond donors (Lipinski definition) is 2. The molecular formula is C13H14N2O4. The molecule has 0 saturated heterocycles. The van der Waals surface area contributed by atoms with Gasteiger partial charge in [-0.15, -0.1) is 0 Å². The van der Waals surface area contributed by atoms with Crippen LogP contribution < -0.4 is 11.1 Å². The maximum Gasteiger partial charge on any atom is 0.318 e. The van der Waals surface area contributed by atoms with Crippen molar-refractivity contribution in [2.24, 2.45) is 5.73 Å². The van der Waals surface area contributed by atoms with Crippen molar-refractivity contribution in [3.05, 3.63) is 35.9 Å². The van der Waals surface area contributed by atoms with Crippen molar-refractivity contribution in [3.8, 4) is 0 Å². The van der Waals surface area contributed by atoms with Gasteiger partial charge in [0, 0.05) is 0 Å². The predicted molar refractivity (Wildman–Crippen MR) is 66.0 cm³/mol. The van der Waals surface area contributed by atoms with Gasteiger partial charge in [-0.1, -0.05) is 30.3 Å². The Labute approximate surface area is 109 Å². The first-order valence-corrected chi connectivity index (χ1v) is 5.87. The molecule has 0 bridgehead atoms. The Morgan fingerprint density at radius 3 is 2.37 bits per heavy atom. The third-order valence-corrected chi connectivity index (χ3v) is 3.06. The molecular weight excluding hydrogens is 248 g/mol. The van der Waals surface area contributed by atoms with E-state index in [0.29, 0.717) is 12.8 Å². The summed E-state index contributed by atoms with van der Waals surface area (Å²) in [5, 5.41) is 1.83. The minimum absolute atomic E-state index is 0.446. The number of primary amides is 1. The number of esters is 1. The number of carbonyl (C=O) groups is 3. The number of carbonyl (C=O) groups excluding carboxylic acids is 3. The van der Waals surface area contributed by atoms with E-state index in [4.69, 9.17) is 10.5 Å². The number of urea groups is 1. The summed E-state index contributed by atoms with van der Waals surface area (Å²) in [5.74, 6) is -1.18. The van der Waals surface area contributed by atoms with Gasteiger partial charge in [-0.3, -0.25) is 14.9 Å². The quantitative estimate of drug-likeness (QED) is 0.770. The molecule has 6 nitrogen and oxygen atoms in total. The van der Waals surface area contributed by atoms with Crippen LogP contribution in [0, 0.1) is 0 Å². The number of rotatable bonds is 4. The first-order valence-electron chi connectivity index (χ1n) is 5.87. The molecule has 3 amide bonds. The van der Waals surface area contributed by atoms with Gasteiger partial charge in [0.05, 0.1) is 5.41 Å². The fourth-order valence-corrected chi connectivity index (χ4v) is 1.94. The second-order valence-corrected chi connectivity index (χ2v) is 4.44. The van der Waals surface area contributed by atoms with E-state index in [9.17, 15) is 14.4 Å². The maximum atomic E-state index is 12.0. The van der Waals surface area contributed by atoms with E-state index in [1.807, 2.05) is 35.6 Å². The lowest BCUT2D eigenvalue weighted by molar-refractivity contribution is -0.150. The van der Waals surface area contributed by atoms with Crippen molar-refractivity contribution in [2.45, 2.75) is 18.3 Å². The van der Waals surface area contributed by atoms with E-state index in [2.05, 4.69) is 0 Å². The van der Waals surface area contributed by atoms with Crippen molar-refractivity contribution < 1.29 is 19.1 Å². The monoisotopic (exact) mass is 262 g/mol. The molecule has 3 N–H and O–H groups in total. The molecule has 19 heavy (non-hydrogen) atoms. The summed E-state index contributed by atoms with van der Waals surface area (Å²) in [6, 6.07) is 8.32. The molecule has 0 aromatic heterocycles. The highest BCUT2D eigenvalue weighted by Gasteiger charge is 2.52. The fraction of sp³-hybridized carbons (Fsp3) is 0.308. The highest BCUT2D eigenvalue weighted by Crippen LogP contribution is 2.49. The second kappa shape index (κ2) is 5.09. The summed E-state index contributed by atoms with van der Waals surface area (Å²) in [6.45, 7) is -0.504. The van der Waals surface area contributed by atoms with Crippen molar-refractivity contribution in [1.82, 2.24) is 5.32 Å². The number of imide groups is 1. The minimum atomic E-state index is -0.967. The molecule has 0 heterocycles. The topological polar surface area (TPSA) is 98.5 Å². The Balaban J connectivity index is 1.94. The molecule has 1 aliphatic carbocycles. The summed E-state index contributed by atoms with van der Waals surface area (Å²) in [7, 11) is 0. The van der Waals surface area contributed by atoms with Crippen LogP contribution in [0.4, 0.5) is 4.79 Å². The summed E-state index contributed by atoms with van der Waals surface area (Å²) < 4.78 is 4.93. The minimum Gasteiger partial charge on any atom is -0.455 e. The zero-order valence-corrected chi connectivity index (χ0v) is 10.2. The van der Waals surface area contributed by atoms with Crippen LogP contribution in [0.15, 0.2) is 30.3 Å². The Morgan fingerprint density at radius 1 is 1.21 bits per heavy atom. The summed E-state index contributed by atoms with van der Waals surface area (Å²) >= 11 is 0. The number of amides is 3. The molecule has 0 atom stereocenters. The molecule has 0 radical (unpaired) electrons. The van der Waals surface area contributed by atoms with Crippen LogP contribution in [0.1, 0.15) is 18.4 Å². The van der Waals surface area contributed by atoms with Crippen molar-refractivity contribution in [1.29, 1.82) is 0 Å². The van der Waals surface area contributed by atoms with Gasteiger partial charge in [0.1, 0.15) is 0 Å². The first kappa shape index (κ1) is 13.1. The molecule has 1 fully saturated rings. The van der Waals surface area contributed by atoms with Crippen molar-refractivity contribution in [3.63, 3.8) is 0 Å². The average Bonchev–Trinajstić information content (AvgIpc) is 3.18. The van der Waals surface area contributed by atoms with E-state index in [0.717, 1.165) is 5.56 Å². The second-order valence-electron chi connectivity index (χ2n) is 4.44. The summed E-state index contributed by atoms with van der Waals surface area (Å²) in [4.78, 5) is 33.6. The summed E-state index contributed by atoms with van der Waals surface area (Å²) in [5.41, 5.74) is 5.03. The molecule has 100 valence electrons. The van der Waals surface area contributed by atoms with E-state index in [1.165, 1.54) is 0 Å². The number of hydrogen-bond acceptors (Lipinski definition) is 4. The lowest BCUT2D eigenvalue weighted by atomic mass is 9.96. The summed E-state index contributed by atoms with van der Waals surface area (Å²) in [6.07, 6.45) is 1.40. The molecule has 1 saturated carbocycles. The predicted octanol–water partition coefficient (Wildman–Crippen LogP) is 0.456. The van der Waals surface area contributed by atoms with E-state index in [-0.39, 0.29) is 0 Å². The van der Waals surface area contributed by atoms with E-state index in [1.54, 1.807) is 0 Å². The van der Waals surface area contributed by atoms with Crippen molar-refractivity contribution in [2.75, 3.05) is 6.61 Å². The number of benzene rings is 1. The Kier molecular flexibility index (Phi) is 3.50. The normalized spacial score (nSPS) is 15.4. The SMILES string of the molecule is NC(=O)NC(=O)COC(=O)C1(c2ccccc2)CC1. The zero-order chi connectivity index (χ0) is 13.9. The highest BCUT2D eigenvalue weighted by molar-refractivity contribution is 5.95. The first-order chi connectivity index (χ1) is 9.04.